The highest BCUT2D eigenvalue weighted by Gasteiger charge is 2.23. The molecule has 2 aromatic rings. The van der Waals surface area contributed by atoms with Crippen molar-refractivity contribution in [2.24, 2.45) is 0 Å². The molecule has 1 fully saturated rings. The summed E-state index contributed by atoms with van der Waals surface area (Å²) >= 11 is 0. The van der Waals surface area contributed by atoms with Crippen LogP contribution in [0.4, 0.5) is 11.4 Å². The van der Waals surface area contributed by atoms with E-state index < -0.39 is 4.92 Å². The fraction of sp³-hybridized carbons (Fsp3) is 0.381. The van der Waals surface area contributed by atoms with Gasteiger partial charge in [-0.15, -0.1) is 0 Å². The topological polar surface area (TPSA) is 85.2 Å². The molecule has 2 aromatic carbocycles. The van der Waals surface area contributed by atoms with Crippen LogP contribution < -0.4 is 14.4 Å². The van der Waals surface area contributed by atoms with E-state index in [0.29, 0.717) is 56.5 Å². The minimum absolute atomic E-state index is 0.0594. The van der Waals surface area contributed by atoms with E-state index in [1.165, 1.54) is 12.1 Å². The molecule has 0 radical (unpaired) electrons. The van der Waals surface area contributed by atoms with E-state index in [1.807, 2.05) is 18.7 Å². The fourth-order valence-electron chi connectivity index (χ4n) is 3.33. The maximum absolute atomic E-state index is 13.0. The van der Waals surface area contributed by atoms with E-state index in [0.717, 1.165) is 5.69 Å². The molecule has 8 nitrogen and oxygen atoms in total. The average molecular weight is 399 g/mol. The van der Waals surface area contributed by atoms with Crippen molar-refractivity contribution in [1.82, 2.24) is 4.90 Å². The van der Waals surface area contributed by atoms with Crippen LogP contribution in [0.2, 0.25) is 0 Å². The van der Waals surface area contributed by atoms with Gasteiger partial charge < -0.3 is 19.3 Å². The van der Waals surface area contributed by atoms with E-state index >= 15 is 0 Å². The summed E-state index contributed by atoms with van der Waals surface area (Å²) in [5, 5.41) is 10.8. The first-order valence-electron chi connectivity index (χ1n) is 9.71. The number of benzene rings is 2. The minimum atomic E-state index is -0.409. The van der Waals surface area contributed by atoms with Gasteiger partial charge in [-0.05, 0) is 38.1 Å². The van der Waals surface area contributed by atoms with Crippen LogP contribution in [-0.4, -0.2) is 55.1 Å². The van der Waals surface area contributed by atoms with Crippen LogP contribution in [0.25, 0.3) is 0 Å². The number of ether oxygens (including phenoxy) is 2. The second-order valence-electron chi connectivity index (χ2n) is 6.61. The van der Waals surface area contributed by atoms with Crippen molar-refractivity contribution in [3.05, 3.63) is 58.1 Å². The first-order chi connectivity index (χ1) is 14.0. The SMILES string of the molecule is CCOc1cc(OCC)cc(C(=O)N2CCN(c3ccc([N+](=O)[O-])cc3)CC2)c1. The highest BCUT2D eigenvalue weighted by Crippen LogP contribution is 2.25. The van der Waals surface area contributed by atoms with Gasteiger partial charge in [0.1, 0.15) is 11.5 Å². The smallest absolute Gasteiger partial charge is 0.269 e. The highest BCUT2D eigenvalue weighted by atomic mass is 16.6. The molecular weight excluding hydrogens is 374 g/mol. The zero-order valence-electron chi connectivity index (χ0n) is 16.7. The number of amides is 1. The van der Waals surface area contributed by atoms with Crippen LogP contribution in [0.15, 0.2) is 42.5 Å². The third kappa shape index (κ3) is 4.96. The van der Waals surface area contributed by atoms with Crippen molar-refractivity contribution in [3.8, 4) is 11.5 Å². The molecule has 1 heterocycles. The number of carbonyl (C=O) groups is 1. The summed E-state index contributed by atoms with van der Waals surface area (Å²) in [5.74, 6) is 1.17. The van der Waals surface area contributed by atoms with Crippen LogP contribution in [-0.2, 0) is 0 Å². The molecule has 154 valence electrons. The molecule has 0 N–H and O–H groups in total. The zero-order chi connectivity index (χ0) is 20.8. The first kappa shape index (κ1) is 20.4. The van der Waals surface area contributed by atoms with E-state index in [9.17, 15) is 14.9 Å². The Morgan fingerprint density at radius 2 is 1.52 bits per heavy atom. The molecule has 29 heavy (non-hydrogen) atoms. The number of non-ortho nitro benzene ring substituents is 1. The number of nitro groups is 1. The van der Waals surface area contributed by atoms with E-state index in [-0.39, 0.29) is 11.6 Å². The molecule has 0 bridgehead atoms. The lowest BCUT2D eigenvalue weighted by atomic mass is 10.1. The highest BCUT2D eigenvalue weighted by molar-refractivity contribution is 5.95. The maximum atomic E-state index is 13.0. The van der Waals surface area contributed by atoms with Crippen LogP contribution in [0.3, 0.4) is 0 Å². The van der Waals surface area contributed by atoms with Crippen LogP contribution in [0.1, 0.15) is 24.2 Å². The van der Waals surface area contributed by atoms with Crippen molar-refractivity contribution < 1.29 is 19.2 Å². The van der Waals surface area contributed by atoms with Gasteiger partial charge in [-0.25, -0.2) is 0 Å². The number of piperazine rings is 1. The number of carbonyl (C=O) groups excluding carboxylic acids is 1. The average Bonchev–Trinajstić information content (AvgIpc) is 2.74. The van der Waals surface area contributed by atoms with Gasteiger partial charge >= 0.3 is 0 Å². The number of rotatable bonds is 7. The lowest BCUT2D eigenvalue weighted by Crippen LogP contribution is -2.48. The van der Waals surface area contributed by atoms with Gasteiger partial charge in [-0.3, -0.25) is 14.9 Å². The first-order valence-corrected chi connectivity index (χ1v) is 9.71. The minimum Gasteiger partial charge on any atom is -0.494 e. The van der Waals surface area contributed by atoms with Gasteiger partial charge in [0.05, 0.1) is 18.1 Å². The third-order valence-corrected chi connectivity index (χ3v) is 4.74. The second kappa shape index (κ2) is 9.27. The van der Waals surface area contributed by atoms with Gasteiger partial charge in [0.15, 0.2) is 0 Å². The van der Waals surface area contributed by atoms with Crippen molar-refractivity contribution in [2.75, 3.05) is 44.3 Å². The third-order valence-electron chi connectivity index (χ3n) is 4.74. The van der Waals surface area contributed by atoms with Gasteiger partial charge in [0.2, 0.25) is 0 Å². The van der Waals surface area contributed by atoms with Crippen molar-refractivity contribution >= 4 is 17.3 Å². The van der Waals surface area contributed by atoms with Crippen LogP contribution in [0.5, 0.6) is 11.5 Å². The summed E-state index contributed by atoms with van der Waals surface area (Å²) in [6.45, 7) is 7.27. The second-order valence-corrected chi connectivity index (χ2v) is 6.61. The molecule has 0 aliphatic carbocycles. The Labute approximate surface area is 169 Å². The molecule has 1 amide bonds. The number of nitro benzene ring substituents is 1. The van der Waals surface area contributed by atoms with Gasteiger partial charge in [0, 0.05) is 55.6 Å². The molecule has 0 spiro atoms. The van der Waals surface area contributed by atoms with E-state index in [2.05, 4.69) is 4.90 Å². The number of hydrogen-bond donors (Lipinski definition) is 0. The fourth-order valence-corrected chi connectivity index (χ4v) is 3.33. The molecule has 1 saturated heterocycles. The summed E-state index contributed by atoms with van der Waals surface area (Å²) < 4.78 is 11.1. The predicted octanol–water partition coefficient (Wildman–Crippen LogP) is 3.35. The molecule has 3 rings (SSSR count). The molecule has 0 saturated carbocycles. The summed E-state index contributed by atoms with van der Waals surface area (Å²) in [7, 11) is 0. The van der Waals surface area contributed by atoms with Gasteiger partial charge in [-0.1, -0.05) is 0 Å². The monoisotopic (exact) mass is 399 g/mol. The number of hydrogen-bond acceptors (Lipinski definition) is 6. The Morgan fingerprint density at radius 3 is 2.00 bits per heavy atom. The molecule has 0 unspecified atom stereocenters. The van der Waals surface area contributed by atoms with Crippen molar-refractivity contribution in [1.29, 1.82) is 0 Å². The number of nitrogens with zero attached hydrogens (tertiary/aromatic N) is 3. The molecule has 1 aliphatic heterocycles. The lowest BCUT2D eigenvalue weighted by Gasteiger charge is -2.36. The molecule has 0 atom stereocenters. The molecule has 0 aromatic heterocycles. The standard InChI is InChI=1S/C21H25N3O5/c1-3-28-19-13-16(14-20(15-19)29-4-2)21(25)23-11-9-22(10-12-23)17-5-7-18(8-6-17)24(26)27/h5-8,13-15H,3-4,9-12H2,1-2H3. The quantitative estimate of drug-likeness (QED) is 0.524. The van der Waals surface area contributed by atoms with E-state index in [4.69, 9.17) is 9.47 Å². The van der Waals surface area contributed by atoms with Gasteiger partial charge in [-0.2, -0.15) is 0 Å². The Morgan fingerprint density at radius 1 is 0.966 bits per heavy atom. The number of anilines is 1. The normalized spacial score (nSPS) is 13.9. The van der Waals surface area contributed by atoms with E-state index in [1.54, 1.807) is 30.3 Å². The van der Waals surface area contributed by atoms with Crippen molar-refractivity contribution in [2.45, 2.75) is 13.8 Å². The van der Waals surface area contributed by atoms with Crippen LogP contribution >= 0.6 is 0 Å². The summed E-state index contributed by atoms with van der Waals surface area (Å²) in [6.07, 6.45) is 0. The zero-order valence-corrected chi connectivity index (χ0v) is 16.7. The Hall–Kier alpha value is -3.29. The molecule has 1 aliphatic rings. The van der Waals surface area contributed by atoms with Crippen LogP contribution in [0, 0.1) is 10.1 Å². The van der Waals surface area contributed by atoms with Crippen molar-refractivity contribution in [3.63, 3.8) is 0 Å². The summed E-state index contributed by atoms with van der Waals surface area (Å²) in [5.41, 5.74) is 1.53. The predicted molar refractivity (Wildman–Crippen MR) is 110 cm³/mol. The maximum Gasteiger partial charge on any atom is 0.269 e. The Bertz CT molecular complexity index is 837. The largest absolute Gasteiger partial charge is 0.494 e. The van der Waals surface area contributed by atoms with Gasteiger partial charge in [0.25, 0.3) is 11.6 Å². The molecule has 8 heteroatoms. The Balaban J connectivity index is 1.67. The summed E-state index contributed by atoms with van der Waals surface area (Å²) in [6, 6.07) is 11.8. The molecular formula is C21H25N3O5. The lowest BCUT2D eigenvalue weighted by molar-refractivity contribution is -0.384. The Kier molecular flexibility index (Phi) is 6.54. The summed E-state index contributed by atoms with van der Waals surface area (Å²) in [4.78, 5) is 27.3.